The van der Waals surface area contributed by atoms with Crippen LogP contribution in [0.15, 0.2) is 36.4 Å². The Bertz CT molecular complexity index is 936. The van der Waals surface area contributed by atoms with Gasteiger partial charge in [-0.2, -0.15) is 0 Å². The Kier molecular flexibility index (Phi) is 4.99. The summed E-state index contributed by atoms with van der Waals surface area (Å²) in [5.74, 6) is -0.331. The van der Waals surface area contributed by atoms with Gasteiger partial charge in [0.1, 0.15) is 5.75 Å². The second-order valence-corrected chi connectivity index (χ2v) is 6.60. The summed E-state index contributed by atoms with van der Waals surface area (Å²) in [4.78, 5) is 37.9. The van der Waals surface area contributed by atoms with Crippen molar-refractivity contribution in [3.05, 3.63) is 64.2 Å². The van der Waals surface area contributed by atoms with Gasteiger partial charge in [0.25, 0.3) is 17.7 Å². The van der Waals surface area contributed by atoms with E-state index in [0.717, 1.165) is 21.8 Å². The Labute approximate surface area is 158 Å². The van der Waals surface area contributed by atoms with Crippen LogP contribution >= 0.6 is 0 Å². The van der Waals surface area contributed by atoms with E-state index in [1.54, 1.807) is 6.07 Å². The highest BCUT2D eigenvalue weighted by atomic mass is 16.5. The summed E-state index contributed by atoms with van der Waals surface area (Å²) in [5.41, 5.74) is 2.87. The smallest absolute Gasteiger partial charge is 0.261 e. The van der Waals surface area contributed by atoms with Crippen LogP contribution in [0.3, 0.4) is 0 Å². The number of benzene rings is 2. The van der Waals surface area contributed by atoms with Crippen LogP contribution in [0.25, 0.3) is 0 Å². The summed E-state index contributed by atoms with van der Waals surface area (Å²) in [5, 5.41) is 2.94. The number of carbonyl (C=O) groups is 3. The molecule has 0 aliphatic carbocycles. The van der Waals surface area contributed by atoms with Crippen molar-refractivity contribution >= 4 is 17.7 Å². The summed E-state index contributed by atoms with van der Waals surface area (Å²) < 4.78 is 5.66. The summed E-state index contributed by atoms with van der Waals surface area (Å²) in [6.45, 7) is 6.30. The van der Waals surface area contributed by atoms with E-state index in [4.69, 9.17) is 4.74 Å². The third kappa shape index (κ3) is 3.43. The standard InChI is InChI=1S/C21H22N2O4/c1-5-27-18-9-6-12(2)10-16(18)13(3)22-19(24)14-7-8-15-17(11-14)21(26)23(4)20(15)25/h6-11,13H,5H2,1-4H3,(H,22,24). The van der Waals surface area contributed by atoms with Crippen molar-refractivity contribution in [2.75, 3.05) is 13.7 Å². The lowest BCUT2D eigenvalue weighted by atomic mass is 10.0. The molecule has 0 saturated heterocycles. The van der Waals surface area contributed by atoms with E-state index in [1.165, 1.54) is 19.2 Å². The van der Waals surface area contributed by atoms with Crippen LogP contribution < -0.4 is 10.1 Å². The molecule has 140 valence electrons. The number of ether oxygens (including phenoxy) is 1. The van der Waals surface area contributed by atoms with Crippen molar-refractivity contribution < 1.29 is 19.1 Å². The number of fused-ring (bicyclic) bond motifs is 1. The monoisotopic (exact) mass is 366 g/mol. The molecule has 1 unspecified atom stereocenters. The van der Waals surface area contributed by atoms with Crippen LogP contribution in [-0.2, 0) is 0 Å². The van der Waals surface area contributed by atoms with E-state index >= 15 is 0 Å². The van der Waals surface area contributed by atoms with Crippen molar-refractivity contribution in [3.63, 3.8) is 0 Å². The van der Waals surface area contributed by atoms with Gasteiger partial charge in [-0.25, -0.2) is 0 Å². The van der Waals surface area contributed by atoms with Crippen LogP contribution in [-0.4, -0.2) is 36.3 Å². The van der Waals surface area contributed by atoms with Gasteiger partial charge >= 0.3 is 0 Å². The number of nitrogens with one attached hydrogen (secondary N) is 1. The molecule has 3 rings (SSSR count). The van der Waals surface area contributed by atoms with Gasteiger partial charge in [-0.1, -0.05) is 17.7 Å². The highest BCUT2D eigenvalue weighted by Gasteiger charge is 2.33. The first-order valence-electron chi connectivity index (χ1n) is 8.84. The average molecular weight is 366 g/mol. The minimum Gasteiger partial charge on any atom is -0.494 e. The zero-order valence-corrected chi connectivity index (χ0v) is 15.8. The molecule has 1 atom stereocenters. The van der Waals surface area contributed by atoms with Gasteiger partial charge < -0.3 is 10.1 Å². The summed E-state index contributed by atoms with van der Waals surface area (Å²) >= 11 is 0. The number of nitrogens with zero attached hydrogens (tertiary/aromatic N) is 1. The van der Waals surface area contributed by atoms with Crippen molar-refractivity contribution in [1.29, 1.82) is 0 Å². The molecule has 1 aliphatic rings. The largest absolute Gasteiger partial charge is 0.494 e. The molecular weight excluding hydrogens is 344 g/mol. The molecule has 3 amide bonds. The highest BCUT2D eigenvalue weighted by Crippen LogP contribution is 2.27. The van der Waals surface area contributed by atoms with Crippen molar-refractivity contribution in [2.24, 2.45) is 0 Å². The number of imide groups is 1. The van der Waals surface area contributed by atoms with E-state index < -0.39 is 5.91 Å². The Hall–Kier alpha value is -3.15. The summed E-state index contributed by atoms with van der Waals surface area (Å²) in [6.07, 6.45) is 0. The summed E-state index contributed by atoms with van der Waals surface area (Å²) in [6, 6.07) is 10.1. The second kappa shape index (κ2) is 7.23. The fraction of sp³-hybridized carbons (Fsp3) is 0.286. The Morgan fingerprint density at radius 2 is 1.81 bits per heavy atom. The molecule has 1 N–H and O–H groups in total. The number of rotatable bonds is 5. The van der Waals surface area contributed by atoms with E-state index in [-0.39, 0.29) is 23.4 Å². The normalized spacial score (nSPS) is 14.1. The fourth-order valence-corrected chi connectivity index (χ4v) is 3.15. The number of hydrogen-bond acceptors (Lipinski definition) is 4. The van der Waals surface area contributed by atoms with E-state index in [0.29, 0.717) is 17.7 Å². The molecule has 6 nitrogen and oxygen atoms in total. The number of aryl methyl sites for hydroxylation is 1. The third-order valence-electron chi connectivity index (χ3n) is 4.63. The molecule has 2 aromatic rings. The molecule has 1 heterocycles. The SMILES string of the molecule is CCOc1ccc(C)cc1C(C)NC(=O)c1ccc2c(c1)C(=O)N(C)C2=O. The van der Waals surface area contributed by atoms with Gasteiger partial charge in [0.05, 0.1) is 23.8 Å². The Morgan fingerprint density at radius 3 is 2.52 bits per heavy atom. The van der Waals surface area contributed by atoms with Gasteiger partial charge in [-0.15, -0.1) is 0 Å². The first-order valence-corrected chi connectivity index (χ1v) is 8.84. The molecule has 2 aromatic carbocycles. The molecular formula is C21H22N2O4. The minimum absolute atomic E-state index is 0.258. The molecule has 27 heavy (non-hydrogen) atoms. The minimum atomic E-state index is -0.394. The molecule has 0 saturated carbocycles. The number of hydrogen-bond donors (Lipinski definition) is 1. The van der Waals surface area contributed by atoms with Crippen LogP contribution in [0, 0.1) is 6.92 Å². The van der Waals surface area contributed by atoms with Crippen LogP contribution in [0.1, 0.15) is 62.1 Å². The Morgan fingerprint density at radius 1 is 1.11 bits per heavy atom. The van der Waals surface area contributed by atoms with E-state index in [1.807, 2.05) is 39.0 Å². The van der Waals surface area contributed by atoms with Crippen LogP contribution in [0.5, 0.6) is 5.75 Å². The highest BCUT2D eigenvalue weighted by molar-refractivity contribution is 6.21. The van der Waals surface area contributed by atoms with Crippen LogP contribution in [0.2, 0.25) is 0 Å². The lowest BCUT2D eigenvalue weighted by molar-refractivity contribution is 0.0693. The van der Waals surface area contributed by atoms with E-state index in [9.17, 15) is 14.4 Å². The maximum atomic E-state index is 12.7. The lowest BCUT2D eigenvalue weighted by Gasteiger charge is -2.19. The topological polar surface area (TPSA) is 75.7 Å². The predicted molar refractivity (Wildman–Crippen MR) is 101 cm³/mol. The maximum Gasteiger partial charge on any atom is 0.261 e. The van der Waals surface area contributed by atoms with Gasteiger partial charge in [0.15, 0.2) is 0 Å². The maximum absolute atomic E-state index is 12.7. The van der Waals surface area contributed by atoms with Crippen LogP contribution in [0.4, 0.5) is 0 Å². The molecule has 6 heteroatoms. The molecule has 0 aromatic heterocycles. The summed E-state index contributed by atoms with van der Waals surface area (Å²) in [7, 11) is 1.43. The van der Waals surface area contributed by atoms with Crippen molar-refractivity contribution in [1.82, 2.24) is 10.2 Å². The molecule has 0 fully saturated rings. The average Bonchev–Trinajstić information content (AvgIpc) is 2.87. The molecule has 0 radical (unpaired) electrons. The van der Waals surface area contributed by atoms with E-state index in [2.05, 4.69) is 5.32 Å². The first-order chi connectivity index (χ1) is 12.8. The number of carbonyl (C=O) groups excluding carboxylic acids is 3. The lowest BCUT2D eigenvalue weighted by Crippen LogP contribution is -2.27. The molecule has 0 bridgehead atoms. The fourth-order valence-electron chi connectivity index (χ4n) is 3.15. The second-order valence-electron chi connectivity index (χ2n) is 6.60. The van der Waals surface area contributed by atoms with Gasteiger partial charge in [0, 0.05) is 18.2 Å². The quantitative estimate of drug-likeness (QED) is 0.825. The third-order valence-corrected chi connectivity index (χ3v) is 4.63. The zero-order chi connectivity index (χ0) is 19.7. The van der Waals surface area contributed by atoms with Crippen molar-refractivity contribution in [2.45, 2.75) is 26.8 Å². The predicted octanol–water partition coefficient (Wildman–Crippen LogP) is 3.11. The van der Waals surface area contributed by atoms with Gasteiger partial charge in [-0.05, 0) is 45.0 Å². The van der Waals surface area contributed by atoms with Crippen molar-refractivity contribution in [3.8, 4) is 5.75 Å². The van der Waals surface area contributed by atoms with Gasteiger partial charge in [0.2, 0.25) is 0 Å². The number of amides is 3. The van der Waals surface area contributed by atoms with Gasteiger partial charge in [-0.3, -0.25) is 19.3 Å². The zero-order valence-electron chi connectivity index (χ0n) is 15.8. The molecule has 0 spiro atoms. The molecule has 1 aliphatic heterocycles. The first kappa shape index (κ1) is 18.6. The Balaban J connectivity index is 1.84.